The first-order valence-corrected chi connectivity index (χ1v) is 10.4. The van der Waals surface area contributed by atoms with Gasteiger partial charge in [0.05, 0.1) is 12.6 Å². The zero-order chi connectivity index (χ0) is 23.6. The van der Waals surface area contributed by atoms with Gasteiger partial charge in [0.25, 0.3) is 0 Å². The first kappa shape index (κ1) is 22.8. The molecule has 0 aliphatic rings. The fourth-order valence-electron chi connectivity index (χ4n) is 2.95. The van der Waals surface area contributed by atoms with Gasteiger partial charge in [-0.3, -0.25) is 0 Å². The largest absolute Gasteiger partial charge is 0.477 e. The molecule has 158 valence electrons. The van der Waals surface area contributed by atoms with Gasteiger partial charge in [0.15, 0.2) is 6.20 Å². The molecule has 3 aromatic rings. The van der Waals surface area contributed by atoms with Crippen molar-refractivity contribution < 1.29 is 9.90 Å². The molecule has 0 atom stereocenters. The van der Waals surface area contributed by atoms with Crippen molar-refractivity contribution in [1.82, 2.24) is 0 Å². The molecule has 3 rings (SSSR count). The van der Waals surface area contributed by atoms with Gasteiger partial charge in [-0.25, -0.2) is 9.64 Å². The van der Waals surface area contributed by atoms with E-state index < -0.39 is 5.97 Å². The zero-order valence-corrected chi connectivity index (χ0v) is 18.0. The Balaban J connectivity index is 2.05. The van der Waals surface area contributed by atoms with E-state index in [1.54, 1.807) is 24.3 Å². The van der Waals surface area contributed by atoms with Crippen molar-refractivity contribution in [3.05, 3.63) is 106 Å². The topological polar surface area (TPSA) is 92.5 Å². The molecule has 0 aliphatic carbocycles. The van der Waals surface area contributed by atoms with E-state index in [4.69, 9.17) is 22.2 Å². The van der Waals surface area contributed by atoms with E-state index >= 15 is 0 Å². The molecule has 6 nitrogen and oxygen atoms in total. The summed E-state index contributed by atoms with van der Waals surface area (Å²) in [5, 5.41) is 27.7. The van der Waals surface area contributed by atoms with E-state index in [2.05, 4.69) is 4.85 Å². The first-order chi connectivity index (χ1) is 16.0. The lowest BCUT2D eigenvalue weighted by Gasteiger charge is -2.24. The van der Waals surface area contributed by atoms with E-state index in [-0.39, 0.29) is 5.57 Å². The predicted molar refractivity (Wildman–Crippen MR) is 131 cm³/mol. The summed E-state index contributed by atoms with van der Waals surface area (Å²) in [5.41, 5.74) is 3.17. The molecule has 0 radical (unpaired) electrons. The maximum atomic E-state index is 11.2. The van der Waals surface area contributed by atoms with Crippen LogP contribution in [0.2, 0.25) is 0 Å². The van der Waals surface area contributed by atoms with Gasteiger partial charge < -0.3 is 10.0 Å². The van der Waals surface area contributed by atoms with Crippen molar-refractivity contribution >= 4 is 51.9 Å². The second kappa shape index (κ2) is 10.9. The number of carboxylic acids is 1. The maximum absolute atomic E-state index is 11.2. The fourth-order valence-corrected chi connectivity index (χ4v) is 3.95. The van der Waals surface area contributed by atoms with Crippen LogP contribution in [-0.4, -0.2) is 11.1 Å². The Morgan fingerprint density at radius 3 is 2.09 bits per heavy atom. The quantitative estimate of drug-likeness (QED) is 0.249. The number of carboxylic acid groups (broad SMARTS) is 1. The van der Waals surface area contributed by atoms with Crippen LogP contribution in [0.1, 0.15) is 16.0 Å². The number of benzene rings is 2. The van der Waals surface area contributed by atoms with Crippen LogP contribution in [-0.2, 0) is 4.79 Å². The van der Waals surface area contributed by atoms with Crippen LogP contribution in [0, 0.1) is 29.2 Å². The smallest absolute Gasteiger partial charge is 0.346 e. The Labute approximate surface area is 195 Å². The molecular weight excluding hydrogens is 432 g/mol. The molecule has 0 saturated carbocycles. The summed E-state index contributed by atoms with van der Waals surface area (Å²) in [6, 6.07) is 22.6. The molecule has 0 bridgehead atoms. The molecular formula is C26H16N4O2S. The number of thiophene rings is 1. The van der Waals surface area contributed by atoms with Crippen LogP contribution in [0.3, 0.4) is 0 Å². The minimum atomic E-state index is -1.27. The fraction of sp³-hybridized carbons (Fsp3) is 0. The highest BCUT2D eigenvalue weighted by Crippen LogP contribution is 2.39. The van der Waals surface area contributed by atoms with E-state index in [0.717, 1.165) is 27.5 Å². The number of allylic oxidation sites excluding steroid dienone is 1. The Hall–Kier alpha value is -4.90. The van der Waals surface area contributed by atoms with Crippen LogP contribution in [0.25, 0.3) is 23.1 Å². The van der Waals surface area contributed by atoms with Crippen LogP contribution in [0.5, 0.6) is 0 Å². The van der Waals surface area contributed by atoms with Crippen molar-refractivity contribution in [2.75, 3.05) is 4.90 Å². The molecule has 33 heavy (non-hydrogen) atoms. The molecule has 1 aromatic heterocycles. The zero-order valence-electron chi connectivity index (χ0n) is 17.2. The van der Waals surface area contributed by atoms with Gasteiger partial charge >= 0.3 is 5.97 Å². The number of hydrogen-bond donors (Lipinski definition) is 1. The molecule has 0 spiro atoms. The molecule has 0 aliphatic heterocycles. The Kier molecular flexibility index (Phi) is 7.54. The third kappa shape index (κ3) is 5.83. The maximum Gasteiger partial charge on any atom is 0.346 e. The molecule has 0 amide bonds. The van der Waals surface area contributed by atoms with Crippen LogP contribution < -0.4 is 4.90 Å². The van der Waals surface area contributed by atoms with Crippen LogP contribution in [0.15, 0.2) is 78.5 Å². The van der Waals surface area contributed by atoms with Gasteiger partial charge in [0, 0.05) is 22.3 Å². The van der Waals surface area contributed by atoms with Gasteiger partial charge in [0.2, 0.25) is 0 Å². The summed E-state index contributed by atoms with van der Waals surface area (Å²) in [7, 11) is 0. The predicted octanol–water partition coefficient (Wildman–Crippen LogP) is 6.64. The third-order valence-corrected chi connectivity index (χ3v) is 5.48. The standard InChI is InChI=1S/C26H16N4O2S/c1-29-16-14-20-6-10-23(11-7-20)30(22-8-4-19(5-9-22)3-2-15-27)25-13-12-24(33-25)17-21(18-28)26(31)32/h2-14,16-17H,(H,31,32)/b3-2-,16-14+,21-17-. The second-order valence-corrected chi connectivity index (χ2v) is 7.67. The van der Waals surface area contributed by atoms with Gasteiger partial charge in [-0.2, -0.15) is 10.5 Å². The first-order valence-electron chi connectivity index (χ1n) is 9.60. The van der Waals surface area contributed by atoms with Crippen molar-refractivity contribution in [3.63, 3.8) is 0 Å². The summed E-state index contributed by atoms with van der Waals surface area (Å²) < 4.78 is 0. The summed E-state index contributed by atoms with van der Waals surface area (Å²) in [5.74, 6) is -1.27. The molecule has 0 unspecified atom stereocenters. The number of aliphatic carboxylic acids is 1. The third-order valence-electron chi connectivity index (χ3n) is 4.46. The Morgan fingerprint density at radius 1 is 0.970 bits per heavy atom. The lowest BCUT2D eigenvalue weighted by molar-refractivity contribution is -0.132. The summed E-state index contributed by atoms with van der Waals surface area (Å²) in [6.45, 7) is 6.88. The average molecular weight is 449 g/mol. The van der Waals surface area contributed by atoms with Crippen LogP contribution in [0.4, 0.5) is 16.4 Å². The molecule has 7 heteroatoms. The monoisotopic (exact) mass is 448 g/mol. The van der Waals surface area contributed by atoms with Crippen LogP contribution >= 0.6 is 11.3 Å². The minimum absolute atomic E-state index is 0.334. The molecule has 1 heterocycles. The highest BCUT2D eigenvalue weighted by molar-refractivity contribution is 7.17. The normalized spacial score (nSPS) is 11.1. The highest BCUT2D eigenvalue weighted by atomic mass is 32.1. The van der Waals surface area contributed by atoms with E-state index in [0.29, 0.717) is 4.88 Å². The van der Waals surface area contributed by atoms with E-state index in [9.17, 15) is 4.79 Å². The summed E-state index contributed by atoms with van der Waals surface area (Å²) >= 11 is 1.35. The SMILES string of the molecule is [C-]#[N+]/C=C/c1ccc(N(c2ccc(/C=C\C#N)cc2)c2ccc(/C=C(/C#N)C(=O)O)s2)cc1. The average Bonchev–Trinajstić information content (AvgIpc) is 3.29. The van der Waals surface area contributed by atoms with Crippen molar-refractivity contribution in [2.24, 2.45) is 0 Å². The number of rotatable bonds is 7. The number of carbonyl (C=O) groups is 1. The van der Waals surface area contributed by atoms with Crippen molar-refractivity contribution in [2.45, 2.75) is 0 Å². The lowest BCUT2D eigenvalue weighted by atomic mass is 10.1. The van der Waals surface area contributed by atoms with E-state index in [1.165, 1.54) is 29.7 Å². The molecule has 1 N–H and O–H groups in total. The van der Waals surface area contributed by atoms with Gasteiger partial charge in [-0.1, -0.05) is 30.3 Å². The number of nitrogens with zero attached hydrogens (tertiary/aromatic N) is 4. The van der Waals surface area contributed by atoms with Gasteiger partial charge in [0.1, 0.15) is 16.6 Å². The van der Waals surface area contributed by atoms with E-state index in [1.807, 2.05) is 65.6 Å². The Bertz CT molecular complexity index is 1290. The van der Waals surface area contributed by atoms with Gasteiger partial charge in [-0.15, -0.1) is 11.3 Å². The van der Waals surface area contributed by atoms with Gasteiger partial charge in [-0.05, 0) is 59.7 Å². The Morgan fingerprint density at radius 2 is 1.58 bits per heavy atom. The highest BCUT2D eigenvalue weighted by Gasteiger charge is 2.15. The number of nitriles is 2. The second-order valence-electron chi connectivity index (χ2n) is 6.58. The molecule has 2 aromatic carbocycles. The lowest BCUT2D eigenvalue weighted by Crippen LogP contribution is -2.08. The molecule has 0 fully saturated rings. The molecule has 0 saturated heterocycles. The summed E-state index contributed by atoms with van der Waals surface area (Å²) in [4.78, 5) is 17.1. The minimum Gasteiger partial charge on any atom is -0.477 e. The number of hydrogen-bond acceptors (Lipinski definition) is 5. The summed E-state index contributed by atoms with van der Waals surface area (Å²) in [6.07, 6.45) is 7.60. The van der Waals surface area contributed by atoms with Crippen molar-refractivity contribution in [1.29, 1.82) is 10.5 Å². The number of anilines is 3. The van der Waals surface area contributed by atoms with Crippen molar-refractivity contribution in [3.8, 4) is 12.1 Å².